The molecule has 1 atom stereocenters. The van der Waals surface area contributed by atoms with E-state index in [1.807, 2.05) is 28.9 Å². The van der Waals surface area contributed by atoms with E-state index in [0.29, 0.717) is 18.0 Å². The van der Waals surface area contributed by atoms with Crippen LogP contribution in [-0.2, 0) is 4.79 Å². The molecule has 2 aromatic heterocycles. The van der Waals surface area contributed by atoms with Crippen LogP contribution < -0.4 is 5.32 Å². The van der Waals surface area contributed by atoms with E-state index >= 15 is 0 Å². The Bertz CT molecular complexity index is 848. The molecule has 4 heterocycles. The molecule has 148 valence electrons. The smallest absolute Gasteiger partial charge is 0.265 e. The Balaban J connectivity index is 1.47. The molecule has 0 bridgehead atoms. The summed E-state index contributed by atoms with van der Waals surface area (Å²) in [6.45, 7) is 6.27. The van der Waals surface area contributed by atoms with Crippen LogP contribution in [0.5, 0.6) is 0 Å². The van der Waals surface area contributed by atoms with Crippen LogP contribution in [-0.4, -0.2) is 70.9 Å². The fraction of sp³-hybridized carbons (Fsp3) is 0.500. The molecule has 4 rings (SSSR count). The maximum atomic E-state index is 13.2. The Hall–Kier alpha value is -2.32. The van der Waals surface area contributed by atoms with Gasteiger partial charge < -0.3 is 15.1 Å². The first-order chi connectivity index (χ1) is 13.6. The van der Waals surface area contributed by atoms with E-state index in [1.165, 1.54) is 11.3 Å². The predicted molar refractivity (Wildman–Crippen MR) is 108 cm³/mol. The Morgan fingerprint density at radius 2 is 2.04 bits per heavy atom. The molecule has 1 unspecified atom stereocenters. The molecule has 2 aliphatic heterocycles. The van der Waals surface area contributed by atoms with E-state index in [1.54, 1.807) is 12.4 Å². The number of hydrogen-bond donors (Lipinski definition) is 1. The van der Waals surface area contributed by atoms with Crippen LogP contribution in [0.4, 0.5) is 0 Å². The van der Waals surface area contributed by atoms with Crippen LogP contribution in [0.15, 0.2) is 24.5 Å². The van der Waals surface area contributed by atoms with Gasteiger partial charge in [-0.3, -0.25) is 14.6 Å². The lowest BCUT2D eigenvalue weighted by Crippen LogP contribution is -2.52. The number of carbonyl (C=O) groups is 2. The second-order valence-electron chi connectivity index (χ2n) is 7.34. The highest BCUT2D eigenvalue weighted by Gasteiger charge is 2.33. The van der Waals surface area contributed by atoms with Gasteiger partial charge in [0.05, 0.1) is 11.6 Å². The third kappa shape index (κ3) is 3.93. The second kappa shape index (κ2) is 8.36. The highest BCUT2D eigenvalue weighted by molar-refractivity contribution is 7.17. The molecule has 28 heavy (non-hydrogen) atoms. The molecular weight excluding hydrogens is 374 g/mol. The normalized spacial score (nSPS) is 20.2. The lowest BCUT2D eigenvalue weighted by Gasteiger charge is -2.36. The Kier molecular flexibility index (Phi) is 5.68. The molecule has 0 saturated carbocycles. The fourth-order valence-electron chi connectivity index (χ4n) is 3.86. The fourth-order valence-corrected chi connectivity index (χ4v) is 4.88. The number of nitrogens with one attached hydrogen (secondary N) is 1. The number of carbonyl (C=O) groups excluding carboxylic acids is 2. The van der Waals surface area contributed by atoms with Crippen molar-refractivity contribution < 1.29 is 9.59 Å². The Labute approximate surface area is 168 Å². The summed E-state index contributed by atoms with van der Waals surface area (Å²) in [5.74, 6) is 0.0841. The maximum Gasteiger partial charge on any atom is 0.265 e. The van der Waals surface area contributed by atoms with Crippen molar-refractivity contribution in [3.05, 3.63) is 35.1 Å². The van der Waals surface area contributed by atoms with Crippen molar-refractivity contribution in [1.29, 1.82) is 0 Å². The van der Waals surface area contributed by atoms with Gasteiger partial charge in [-0.1, -0.05) is 0 Å². The molecule has 2 saturated heterocycles. The lowest BCUT2D eigenvalue weighted by molar-refractivity contribution is -0.137. The number of piperazine rings is 1. The minimum Gasteiger partial charge on any atom is -0.340 e. The standard InChI is InChI=1S/C20H25N5O2S/c1-14-17(28-18(23-14)15-4-2-6-22-12-15)20(27)25-9-3-5-16(13-25)19(26)24-10-7-21-8-11-24/h2,4,6,12,16,21H,3,5,7-11,13H2,1H3. The van der Waals surface area contributed by atoms with Gasteiger partial charge in [-0.05, 0) is 31.9 Å². The quantitative estimate of drug-likeness (QED) is 0.852. The first-order valence-corrected chi connectivity index (χ1v) is 10.6. The number of amides is 2. The largest absolute Gasteiger partial charge is 0.340 e. The van der Waals surface area contributed by atoms with Gasteiger partial charge in [0, 0.05) is 57.2 Å². The van der Waals surface area contributed by atoms with E-state index < -0.39 is 0 Å². The van der Waals surface area contributed by atoms with Crippen molar-refractivity contribution in [2.75, 3.05) is 39.3 Å². The van der Waals surface area contributed by atoms with Crippen molar-refractivity contribution >= 4 is 23.2 Å². The van der Waals surface area contributed by atoms with Crippen LogP contribution in [0.25, 0.3) is 10.6 Å². The van der Waals surface area contributed by atoms with Crippen molar-refractivity contribution in [2.45, 2.75) is 19.8 Å². The number of thiazole rings is 1. The summed E-state index contributed by atoms with van der Waals surface area (Å²) >= 11 is 1.41. The molecule has 1 N–H and O–H groups in total. The molecule has 0 radical (unpaired) electrons. The summed E-state index contributed by atoms with van der Waals surface area (Å²) in [5.41, 5.74) is 1.66. The van der Waals surface area contributed by atoms with Crippen LogP contribution in [0.1, 0.15) is 28.2 Å². The number of pyridine rings is 1. The summed E-state index contributed by atoms with van der Waals surface area (Å²) < 4.78 is 0. The van der Waals surface area contributed by atoms with Gasteiger partial charge in [-0.2, -0.15) is 0 Å². The zero-order valence-corrected chi connectivity index (χ0v) is 16.9. The van der Waals surface area contributed by atoms with Crippen LogP contribution in [0, 0.1) is 12.8 Å². The predicted octanol–water partition coefficient (Wildman–Crippen LogP) is 1.80. The number of aryl methyl sites for hydroxylation is 1. The third-order valence-corrected chi connectivity index (χ3v) is 6.58. The third-order valence-electron chi connectivity index (χ3n) is 5.39. The first kappa shape index (κ1) is 19.0. The first-order valence-electron chi connectivity index (χ1n) is 9.80. The molecule has 2 fully saturated rings. The van der Waals surface area contributed by atoms with Crippen molar-refractivity contribution in [2.24, 2.45) is 5.92 Å². The molecular formula is C20H25N5O2S. The highest BCUT2D eigenvalue weighted by Crippen LogP contribution is 2.29. The number of piperidine rings is 1. The van der Waals surface area contributed by atoms with Crippen LogP contribution >= 0.6 is 11.3 Å². The van der Waals surface area contributed by atoms with Crippen LogP contribution in [0.2, 0.25) is 0 Å². The number of nitrogens with zero attached hydrogens (tertiary/aromatic N) is 4. The van der Waals surface area contributed by atoms with E-state index in [-0.39, 0.29) is 17.7 Å². The maximum absolute atomic E-state index is 13.2. The molecule has 0 spiro atoms. The lowest BCUT2D eigenvalue weighted by atomic mass is 9.96. The summed E-state index contributed by atoms with van der Waals surface area (Å²) in [6, 6.07) is 3.81. The topological polar surface area (TPSA) is 78.4 Å². The molecule has 0 aliphatic carbocycles. The SMILES string of the molecule is Cc1nc(-c2cccnc2)sc1C(=O)N1CCCC(C(=O)N2CCNCC2)C1. The van der Waals surface area contributed by atoms with Gasteiger partial charge >= 0.3 is 0 Å². The molecule has 0 aromatic carbocycles. The summed E-state index contributed by atoms with van der Waals surface area (Å²) in [4.78, 5) is 39.2. The van der Waals surface area contributed by atoms with Crippen molar-refractivity contribution in [1.82, 2.24) is 25.1 Å². The number of rotatable bonds is 3. The monoisotopic (exact) mass is 399 g/mol. The van der Waals surface area contributed by atoms with Crippen molar-refractivity contribution in [3.63, 3.8) is 0 Å². The second-order valence-corrected chi connectivity index (χ2v) is 8.34. The minimum atomic E-state index is -0.0955. The van der Waals surface area contributed by atoms with E-state index in [2.05, 4.69) is 15.3 Å². The average Bonchev–Trinajstić information content (AvgIpc) is 3.15. The van der Waals surface area contributed by atoms with E-state index in [4.69, 9.17) is 0 Å². The van der Waals surface area contributed by atoms with Crippen LogP contribution in [0.3, 0.4) is 0 Å². The van der Waals surface area contributed by atoms with Gasteiger partial charge in [0.2, 0.25) is 5.91 Å². The Morgan fingerprint density at radius 1 is 1.21 bits per heavy atom. The van der Waals surface area contributed by atoms with Gasteiger partial charge in [-0.25, -0.2) is 4.98 Å². The van der Waals surface area contributed by atoms with Gasteiger partial charge in [0.1, 0.15) is 9.88 Å². The molecule has 2 amide bonds. The molecule has 2 aromatic rings. The van der Waals surface area contributed by atoms with Gasteiger partial charge in [0.25, 0.3) is 5.91 Å². The Morgan fingerprint density at radius 3 is 2.79 bits per heavy atom. The number of aromatic nitrogens is 2. The summed E-state index contributed by atoms with van der Waals surface area (Å²) in [7, 11) is 0. The number of hydrogen-bond acceptors (Lipinski definition) is 6. The molecule has 2 aliphatic rings. The molecule has 7 nitrogen and oxygen atoms in total. The van der Waals surface area contributed by atoms with Crippen molar-refractivity contribution in [3.8, 4) is 10.6 Å². The zero-order chi connectivity index (χ0) is 19.5. The van der Waals surface area contributed by atoms with Gasteiger partial charge in [-0.15, -0.1) is 11.3 Å². The zero-order valence-electron chi connectivity index (χ0n) is 16.1. The molecule has 8 heteroatoms. The number of likely N-dealkylation sites (tertiary alicyclic amines) is 1. The van der Waals surface area contributed by atoms with E-state index in [0.717, 1.165) is 55.3 Å². The summed E-state index contributed by atoms with van der Waals surface area (Å²) in [5, 5.41) is 4.08. The minimum absolute atomic E-state index is 0.0112. The van der Waals surface area contributed by atoms with Gasteiger partial charge in [0.15, 0.2) is 0 Å². The van der Waals surface area contributed by atoms with E-state index in [9.17, 15) is 9.59 Å². The summed E-state index contributed by atoms with van der Waals surface area (Å²) in [6.07, 6.45) is 5.20. The highest BCUT2D eigenvalue weighted by atomic mass is 32.1. The average molecular weight is 400 g/mol.